The Labute approximate surface area is 83.7 Å². The molecular formula is C11H13ClO. The molecule has 0 aliphatic rings. The number of benzene rings is 1. The van der Waals surface area contributed by atoms with Crippen LogP contribution >= 0.6 is 11.6 Å². The van der Waals surface area contributed by atoms with Crippen LogP contribution in [0.25, 0.3) is 0 Å². The van der Waals surface area contributed by atoms with Gasteiger partial charge in [-0.1, -0.05) is 37.6 Å². The molecular weight excluding hydrogens is 184 g/mol. The van der Waals surface area contributed by atoms with E-state index in [1.807, 2.05) is 26.0 Å². The first-order chi connectivity index (χ1) is 6.20. The Bertz CT molecular complexity index is 318. The van der Waals surface area contributed by atoms with Crippen molar-refractivity contribution >= 4 is 17.4 Å². The minimum atomic E-state index is 0.111. The Balaban J connectivity index is 3.15. The molecule has 0 amide bonds. The lowest BCUT2D eigenvalue weighted by Crippen LogP contribution is -1.99. The van der Waals surface area contributed by atoms with E-state index in [0.717, 1.165) is 12.0 Å². The third kappa shape index (κ3) is 2.10. The summed E-state index contributed by atoms with van der Waals surface area (Å²) >= 11 is 6.06. The van der Waals surface area contributed by atoms with Gasteiger partial charge in [-0.2, -0.15) is 0 Å². The maximum atomic E-state index is 11.4. The van der Waals surface area contributed by atoms with E-state index >= 15 is 0 Å². The SMILES string of the molecule is CCC(=O)c1cccc(CC)c1Cl. The van der Waals surface area contributed by atoms with Crippen LogP contribution in [0.4, 0.5) is 0 Å². The summed E-state index contributed by atoms with van der Waals surface area (Å²) in [5.41, 5.74) is 1.70. The number of aryl methyl sites for hydroxylation is 1. The van der Waals surface area contributed by atoms with E-state index in [4.69, 9.17) is 11.6 Å². The van der Waals surface area contributed by atoms with Gasteiger partial charge >= 0.3 is 0 Å². The largest absolute Gasteiger partial charge is 0.294 e. The molecule has 0 aliphatic heterocycles. The van der Waals surface area contributed by atoms with Crippen molar-refractivity contribution in [2.45, 2.75) is 26.7 Å². The van der Waals surface area contributed by atoms with Crippen LogP contribution in [-0.4, -0.2) is 5.78 Å². The summed E-state index contributed by atoms with van der Waals surface area (Å²) in [4.78, 5) is 11.4. The second-order valence-corrected chi connectivity index (χ2v) is 3.29. The zero-order chi connectivity index (χ0) is 9.84. The Morgan fingerprint density at radius 3 is 2.62 bits per heavy atom. The molecule has 70 valence electrons. The molecule has 0 aliphatic carbocycles. The van der Waals surface area contributed by atoms with Gasteiger partial charge in [-0.3, -0.25) is 4.79 Å². The molecule has 0 spiro atoms. The lowest BCUT2D eigenvalue weighted by Gasteiger charge is -2.05. The first-order valence-electron chi connectivity index (χ1n) is 4.51. The summed E-state index contributed by atoms with van der Waals surface area (Å²) in [5.74, 6) is 0.111. The second-order valence-electron chi connectivity index (χ2n) is 2.91. The highest BCUT2D eigenvalue weighted by Crippen LogP contribution is 2.22. The fourth-order valence-corrected chi connectivity index (χ4v) is 1.62. The zero-order valence-electron chi connectivity index (χ0n) is 7.93. The molecule has 1 aromatic rings. The van der Waals surface area contributed by atoms with Crippen molar-refractivity contribution in [2.24, 2.45) is 0 Å². The highest BCUT2D eigenvalue weighted by atomic mass is 35.5. The number of carbonyl (C=O) groups excluding carboxylic acids is 1. The quantitative estimate of drug-likeness (QED) is 0.677. The number of ketones is 1. The van der Waals surface area contributed by atoms with Gasteiger partial charge in [0.15, 0.2) is 5.78 Å². The van der Waals surface area contributed by atoms with E-state index in [1.165, 1.54) is 0 Å². The third-order valence-corrected chi connectivity index (χ3v) is 2.53. The van der Waals surface area contributed by atoms with E-state index in [9.17, 15) is 4.79 Å². The van der Waals surface area contributed by atoms with E-state index in [2.05, 4.69) is 0 Å². The van der Waals surface area contributed by atoms with Crippen LogP contribution in [0.3, 0.4) is 0 Å². The summed E-state index contributed by atoms with van der Waals surface area (Å²) in [5, 5.41) is 0.622. The van der Waals surface area contributed by atoms with Gasteiger partial charge in [0.2, 0.25) is 0 Å². The number of rotatable bonds is 3. The fourth-order valence-electron chi connectivity index (χ4n) is 1.26. The van der Waals surface area contributed by atoms with Crippen molar-refractivity contribution in [1.29, 1.82) is 0 Å². The van der Waals surface area contributed by atoms with Gasteiger partial charge in [-0.25, -0.2) is 0 Å². The van der Waals surface area contributed by atoms with Crippen molar-refractivity contribution in [2.75, 3.05) is 0 Å². The zero-order valence-corrected chi connectivity index (χ0v) is 8.69. The number of carbonyl (C=O) groups is 1. The van der Waals surface area contributed by atoms with Crippen LogP contribution < -0.4 is 0 Å². The van der Waals surface area contributed by atoms with Crippen molar-refractivity contribution in [1.82, 2.24) is 0 Å². The van der Waals surface area contributed by atoms with Crippen molar-refractivity contribution < 1.29 is 4.79 Å². The molecule has 0 saturated carbocycles. The van der Waals surface area contributed by atoms with Crippen LogP contribution in [0, 0.1) is 0 Å². The standard InChI is InChI=1S/C11H13ClO/c1-3-8-6-5-7-9(11(8)12)10(13)4-2/h5-7H,3-4H2,1-2H3. The molecule has 0 fully saturated rings. The Morgan fingerprint density at radius 1 is 1.38 bits per heavy atom. The van der Waals surface area contributed by atoms with Crippen LogP contribution in [0.15, 0.2) is 18.2 Å². The van der Waals surface area contributed by atoms with Crippen LogP contribution in [0.2, 0.25) is 5.02 Å². The van der Waals surface area contributed by atoms with Gasteiger partial charge in [0.1, 0.15) is 0 Å². The van der Waals surface area contributed by atoms with E-state index in [0.29, 0.717) is 17.0 Å². The van der Waals surface area contributed by atoms with E-state index in [1.54, 1.807) is 6.07 Å². The minimum Gasteiger partial charge on any atom is -0.294 e. The summed E-state index contributed by atoms with van der Waals surface area (Å²) < 4.78 is 0. The number of halogens is 1. The normalized spacial score (nSPS) is 10.1. The Kier molecular flexibility index (Phi) is 3.49. The first-order valence-corrected chi connectivity index (χ1v) is 4.89. The topological polar surface area (TPSA) is 17.1 Å². The molecule has 0 heterocycles. The highest BCUT2D eigenvalue weighted by Gasteiger charge is 2.09. The summed E-state index contributed by atoms with van der Waals surface area (Å²) in [6.45, 7) is 3.87. The average Bonchev–Trinajstić information content (AvgIpc) is 2.17. The van der Waals surface area contributed by atoms with E-state index < -0.39 is 0 Å². The molecule has 0 radical (unpaired) electrons. The van der Waals surface area contributed by atoms with Crippen molar-refractivity contribution in [3.8, 4) is 0 Å². The lowest BCUT2D eigenvalue weighted by molar-refractivity contribution is 0.0988. The first kappa shape index (κ1) is 10.3. The lowest BCUT2D eigenvalue weighted by atomic mass is 10.0. The molecule has 2 heteroatoms. The molecule has 0 N–H and O–H groups in total. The molecule has 1 rings (SSSR count). The van der Waals surface area contributed by atoms with Crippen LogP contribution in [0.5, 0.6) is 0 Å². The Morgan fingerprint density at radius 2 is 2.08 bits per heavy atom. The summed E-state index contributed by atoms with van der Waals surface area (Å²) in [7, 11) is 0. The Hall–Kier alpha value is -0.820. The van der Waals surface area contributed by atoms with Gasteiger partial charge in [0, 0.05) is 12.0 Å². The molecule has 1 aromatic carbocycles. The number of Topliss-reactive ketones (excluding diaryl/α,β-unsaturated/α-hetero) is 1. The molecule has 1 nitrogen and oxygen atoms in total. The van der Waals surface area contributed by atoms with Gasteiger partial charge in [-0.05, 0) is 18.1 Å². The molecule has 0 aromatic heterocycles. The van der Waals surface area contributed by atoms with Crippen LogP contribution in [0.1, 0.15) is 36.2 Å². The molecule has 0 unspecified atom stereocenters. The predicted octanol–water partition coefficient (Wildman–Crippen LogP) is 3.50. The van der Waals surface area contributed by atoms with Crippen LogP contribution in [-0.2, 0) is 6.42 Å². The van der Waals surface area contributed by atoms with Gasteiger partial charge < -0.3 is 0 Å². The maximum Gasteiger partial charge on any atom is 0.164 e. The second kappa shape index (κ2) is 4.43. The van der Waals surface area contributed by atoms with Crippen molar-refractivity contribution in [3.63, 3.8) is 0 Å². The maximum absolute atomic E-state index is 11.4. The fraction of sp³-hybridized carbons (Fsp3) is 0.364. The molecule has 13 heavy (non-hydrogen) atoms. The molecule has 0 saturated heterocycles. The molecule has 0 atom stereocenters. The average molecular weight is 197 g/mol. The number of hydrogen-bond acceptors (Lipinski definition) is 1. The minimum absolute atomic E-state index is 0.111. The third-order valence-electron chi connectivity index (χ3n) is 2.08. The monoisotopic (exact) mass is 196 g/mol. The van der Waals surface area contributed by atoms with Gasteiger partial charge in [0.25, 0.3) is 0 Å². The smallest absolute Gasteiger partial charge is 0.164 e. The summed E-state index contributed by atoms with van der Waals surface area (Å²) in [6.07, 6.45) is 1.37. The summed E-state index contributed by atoms with van der Waals surface area (Å²) in [6, 6.07) is 5.62. The highest BCUT2D eigenvalue weighted by molar-refractivity contribution is 6.34. The van der Waals surface area contributed by atoms with Crippen molar-refractivity contribution in [3.05, 3.63) is 34.3 Å². The van der Waals surface area contributed by atoms with E-state index in [-0.39, 0.29) is 5.78 Å². The predicted molar refractivity (Wildman–Crippen MR) is 55.5 cm³/mol. The number of hydrogen-bond donors (Lipinski definition) is 0. The molecule has 0 bridgehead atoms. The van der Waals surface area contributed by atoms with Gasteiger partial charge in [-0.15, -0.1) is 0 Å². The van der Waals surface area contributed by atoms with Gasteiger partial charge in [0.05, 0.1) is 5.02 Å².